The molecule has 6 nitrogen and oxygen atoms in total. The molecule has 0 heterocycles. The number of hydrogen-bond acceptors (Lipinski definition) is 6. The smallest absolute Gasteiger partial charge is 0.135 e. The summed E-state index contributed by atoms with van der Waals surface area (Å²) in [6.07, 6.45) is 45.5. The van der Waals surface area contributed by atoms with E-state index in [-0.39, 0.29) is 0 Å². The number of carbonyl (C=O) groups is 2. The van der Waals surface area contributed by atoms with E-state index in [4.69, 9.17) is 18.9 Å². The van der Waals surface area contributed by atoms with Crippen LogP contribution < -0.4 is 0 Å². The van der Waals surface area contributed by atoms with E-state index in [1.165, 1.54) is 148 Å². The number of ketones is 2. The molecule has 0 spiro atoms. The van der Waals surface area contributed by atoms with Gasteiger partial charge in [0.2, 0.25) is 0 Å². The number of carbonyl (C=O) groups excluding carboxylic acids is 2. The van der Waals surface area contributed by atoms with E-state index in [9.17, 15) is 9.59 Å². The normalized spacial score (nSPS) is 13.5. The number of rotatable bonds is 53. The summed E-state index contributed by atoms with van der Waals surface area (Å²) >= 11 is 0. The number of unbranched alkanes of at least 4 members (excludes halogenated alkanes) is 18. The van der Waals surface area contributed by atoms with Crippen molar-refractivity contribution in [3.8, 4) is 0 Å². The van der Waals surface area contributed by atoms with Gasteiger partial charge in [-0.05, 0) is 89.4 Å². The zero-order valence-electron chi connectivity index (χ0n) is 47.3. The predicted octanol–water partition coefficient (Wildman–Crippen LogP) is 19.0. The van der Waals surface area contributed by atoms with Crippen molar-refractivity contribution in [2.75, 3.05) is 39.6 Å². The van der Waals surface area contributed by atoms with Crippen LogP contribution in [0.2, 0.25) is 0 Å². The second-order valence-corrected chi connectivity index (χ2v) is 20.8. The second-order valence-electron chi connectivity index (χ2n) is 20.8. The second kappa shape index (κ2) is 54.5. The van der Waals surface area contributed by atoms with Crippen LogP contribution in [0, 0.1) is 23.7 Å². The van der Waals surface area contributed by atoms with Crippen LogP contribution in [0.5, 0.6) is 0 Å². The van der Waals surface area contributed by atoms with E-state index in [0.29, 0.717) is 54.1 Å². The lowest BCUT2D eigenvalue weighted by Gasteiger charge is -2.25. The van der Waals surface area contributed by atoms with Crippen LogP contribution >= 0.6 is 0 Å². The third kappa shape index (κ3) is 44.8. The Morgan fingerprint density at radius 1 is 0.313 bits per heavy atom. The van der Waals surface area contributed by atoms with Crippen LogP contribution in [-0.4, -0.2) is 63.4 Å². The molecule has 0 saturated heterocycles. The summed E-state index contributed by atoms with van der Waals surface area (Å²) in [5.41, 5.74) is 0. The molecule has 402 valence electrons. The average Bonchev–Trinajstić information content (AvgIpc) is 3.32. The first-order valence-electron chi connectivity index (χ1n) is 30.1. The van der Waals surface area contributed by atoms with E-state index >= 15 is 0 Å². The van der Waals surface area contributed by atoms with Crippen molar-refractivity contribution < 1.29 is 28.5 Å². The van der Waals surface area contributed by atoms with Gasteiger partial charge in [0.05, 0.1) is 38.6 Å². The van der Waals surface area contributed by atoms with Crippen LogP contribution in [0.25, 0.3) is 0 Å². The first kappa shape index (κ1) is 68.3. The van der Waals surface area contributed by atoms with Gasteiger partial charge in [0.25, 0.3) is 0 Å². The Morgan fingerprint density at radius 2 is 0.642 bits per heavy atom. The van der Waals surface area contributed by atoms with Crippen molar-refractivity contribution in [2.24, 2.45) is 23.7 Å². The number of Topliss-reactive ketones (excluding diaryl/α,β-unsaturated/α-hetero) is 2. The van der Waals surface area contributed by atoms with Gasteiger partial charge in [-0.25, -0.2) is 0 Å². The molecule has 0 saturated carbocycles. The molecule has 0 aromatic rings. The molecule has 0 aliphatic heterocycles. The molecule has 6 heteroatoms. The van der Waals surface area contributed by atoms with Gasteiger partial charge in [0, 0.05) is 37.9 Å². The van der Waals surface area contributed by atoms with E-state index in [1.54, 1.807) is 0 Å². The van der Waals surface area contributed by atoms with E-state index in [1.807, 2.05) is 6.92 Å². The summed E-state index contributed by atoms with van der Waals surface area (Å²) in [6.45, 7) is 26.8. The van der Waals surface area contributed by atoms with Crippen molar-refractivity contribution in [3.63, 3.8) is 0 Å². The molecule has 0 aliphatic carbocycles. The summed E-state index contributed by atoms with van der Waals surface area (Å²) in [6, 6.07) is 0. The lowest BCUT2D eigenvalue weighted by atomic mass is 9.90. The van der Waals surface area contributed by atoms with Crippen molar-refractivity contribution in [1.82, 2.24) is 0 Å². The molecule has 0 aliphatic rings. The Kier molecular flexibility index (Phi) is 55.5. The fourth-order valence-electron chi connectivity index (χ4n) is 9.92. The molecule has 0 fully saturated rings. The zero-order valence-corrected chi connectivity index (χ0v) is 47.3. The summed E-state index contributed by atoms with van der Waals surface area (Å²) < 4.78 is 23.7. The molecular formula is C61H122O6. The topological polar surface area (TPSA) is 71.1 Å². The third-order valence-corrected chi connectivity index (χ3v) is 14.3. The van der Waals surface area contributed by atoms with Gasteiger partial charge in [-0.3, -0.25) is 9.59 Å². The highest BCUT2D eigenvalue weighted by molar-refractivity contribution is 5.81. The minimum atomic E-state index is 0.322. The molecular weight excluding hydrogens is 829 g/mol. The van der Waals surface area contributed by atoms with Crippen LogP contribution in [0.3, 0.4) is 0 Å². The summed E-state index contributed by atoms with van der Waals surface area (Å²) in [4.78, 5) is 24.9. The third-order valence-electron chi connectivity index (χ3n) is 14.3. The molecule has 0 N–H and O–H groups in total. The minimum absolute atomic E-state index is 0.322. The van der Waals surface area contributed by atoms with Crippen LogP contribution in [-0.2, 0) is 28.5 Å². The number of hydrogen-bond donors (Lipinski definition) is 0. The predicted molar refractivity (Wildman–Crippen MR) is 293 cm³/mol. The Morgan fingerprint density at radius 3 is 0.985 bits per heavy atom. The Hall–Kier alpha value is -0.820. The van der Waals surface area contributed by atoms with Crippen LogP contribution in [0.4, 0.5) is 0 Å². The maximum atomic E-state index is 12.5. The van der Waals surface area contributed by atoms with Gasteiger partial charge in [0.15, 0.2) is 0 Å². The minimum Gasteiger partial charge on any atom is -0.379 e. The quantitative estimate of drug-likeness (QED) is 0.0566. The van der Waals surface area contributed by atoms with Gasteiger partial charge in [-0.15, -0.1) is 0 Å². The first-order valence-corrected chi connectivity index (χ1v) is 30.1. The molecule has 4 atom stereocenters. The fourth-order valence-corrected chi connectivity index (χ4v) is 9.92. The zero-order chi connectivity index (χ0) is 49.9. The average molecular weight is 952 g/mol. The summed E-state index contributed by atoms with van der Waals surface area (Å²) in [7, 11) is 0. The van der Waals surface area contributed by atoms with Gasteiger partial charge in [0.1, 0.15) is 11.6 Å². The van der Waals surface area contributed by atoms with Gasteiger partial charge in [-0.2, -0.15) is 0 Å². The number of ether oxygens (including phenoxy) is 4. The summed E-state index contributed by atoms with van der Waals surface area (Å²) in [5, 5.41) is 0. The maximum Gasteiger partial charge on any atom is 0.135 e. The van der Waals surface area contributed by atoms with Crippen molar-refractivity contribution in [3.05, 3.63) is 0 Å². The molecule has 0 rings (SSSR count). The first-order chi connectivity index (χ1) is 32.7. The largest absolute Gasteiger partial charge is 0.379 e. The molecule has 0 bridgehead atoms. The summed E-state index contributed by atoms with van der Waals surface area (Å²) in [5.74, 6) is 2.94. The highest BCUT2D eigenvalue weighted by Gasteiger charge is 2.20. The SMILES string of the molecule is CCCCCCCCC(C)C(CCCCCCCC(=O)C(CCC)CCC)OCCOCC.CCCCCCCCC(C)C(CCCCCCCC(=O)C(CCC)CCC)OCCOCCC. The molecule has 0 aromatic heterocycles. The molecule has 0 amide bonds. The molecule has 4 unspecified atom stereocenters. The van der Waals surface area contributed by atoms with E-state index in [2.05, 4.69) is 62.3 Å². The van der Waals surface area contributed by atoms with Crippen molar-refractivity contribution in [2.45, 2.75) is 319 Å². The van der Waals surface area contributed by atoms with E-state index in [0.717, 1.165) is 123 Å². The Bertz CT molecular complexity index is 974. The lowest BCUT2D eigenvalue weighted by molar-refractivity contribution is -0.124. The standard InChI is InChI=1S/C31H62O3.C30H60O3/c1-6-10-11-12-14-17-22-28(5)31(34-27-26-33-25-9-4)24-19-16-13-15-18-23-30(32)29(20-7-2)21-8-3;1-6-10-11-12-14-17-22-27(5)30(33-26-25-32-9-4)24-19-16-13-15-18-23-29(31)28(20-7-2)21-8-3/h28-29,31H,6-27H2,1-5H3;27-28,30H,6-26H2,1-5H3. The maximum absolute atomic E-state index is 12.5. The van der Waals surface area contributed by atoms with Gasteiger partial charge >= 0.3 is 0 Å². The molecule has 0 aromatic carbocycles. The Balaban J connectivity index is 0. The lowest BCUT2D eigenvalue weighted by Crippen LogP contribution is -2.24. The van der Waals surface area contributed by atoms with Crippen molar-refractivity contribution >= 4 is 11.6 Å². The molecule has 67 heavy (non-hydrogen) atoms. The highest BCUT2D eigenvalue weighted by Crippen LogP contribution is 2.25. The molecule has 0 radical (unpaired) electrons. The Labute approximate surface area is 420 Å². The van der Waals surface area contributed by atoms with Crippen LogP contribution in [0.1, 0.15) is 307 Å². The fraction of sp³-hybridized carbons (Fsp3) is 0.967. The van der Waals surface area contributed by atoms with Gasteiger partial charge in [-0.1, -0.05) is 216 Å². The van der Waals surface area contributed by atoms with E-state index < -0.39 is 0 Å². The van der Waals surface area contributed by atoms with Crippen LogP contribution in [0.15, 0.2) is 0 Å². The highest BCUT2D eigenvalue weighted by atomic mass is 16.5. The van der Waals surface area contributed by atoms with Crippen molar-refractivity contribution in [1.29, 1.82) is 0 Å². The monoisotopic (exact) mass is 951 g/mol. The van der Waals surface area contributed by atoms with Gasteiger partial charge < -0.3 is 18.9 Å².